The van der Waals surface area contributed by atoms with E-state index in [1.165, 1.54) is 12.1 Å². The number of anilines is 1. The highest BCUT2D eigenvalue weighted by atomic mass is 19.1. The Morgan fingerprint density at radius 1 is 1.29 bits per heavy atom. The Bertz CT molecular complexity index is 323. The first-order valence-electron chi connectivity index (χ1n) is 4.66. The van der Waals surface area contributed by atoms with E-state index in [4.69, 9.17) is 5.73 Å². The third-order valence-corrected chi connectivity index (χ3v) is 2.56. The number of halogens is 2. The summed E-state index contributed by atoms with van der Waals surface area (Å²) < 4.78 is 26.2. The summed E-state index contributed by atoms with van der Waals surface area (Å²) in [6.07, 6.45) is 1.96. The van der Waals surface area contributed by atoms with Gasteiger partial charge in [0.1, 0.15) is 17.3 Å². The van der Waals surface area contributed by atoms with Crippen LogP contribution in [-0.2, 0) is 0 Å². The zero-order chi connectivity index (χ0) is 10.1. The molecule has 0 radical (unpaired) electrons. The molecule has 1 aromatic carbocycles. The topological polar surface area (TPSA) is 38.0 Å². The first-order chi connectivity index (χ1) is 6.68. The number of hydrogen-bond donors (Lipinski definition) is 2. The van der Waals surface area contributed by atoms with Crippen molar-refractivity contribution in [3.8, 4) is 0 Å². The molecule has 1 saturated heterocycles. The van der Waals surface area contributed by atoms with Gasteiger partial charge >= 0.3 is 0 Å². The van der Waals surface area contributed by atoms with Crippen LogP contribution in [-0.4, -0.2) is 6.54 Å². The van der Waals surface area contributed by atoms with Gasteiger partial charge in [-0.3, -0.25) is 0 Å². The van der Waals surface area contributed by atoms with E-state index in [1.54, 1.807) is 0 Å². The highest BCUT2D eigenvalue weighted by Gasteiger charge is 2.18. The fourth-order valence-corrected chi connectivity index (χ4v) is 1.77. The van der Waals surface area contributed by atoms with Crippen LogP contribution in [0.5, 0.6) is 0 Å². The molecule has 0 bridgehead atoms. The summed E-state index contributed by atoms with van der Waals surface area (Å²) in [5.41, 5.74) is 5.43. The third kappa shape index (κ3) is 1.57. The number of benzene rings is 1. The first kappa shape index (κ1) is 9.40. The smallest absolute Gasteiger partial charge is 0.149 e. The fraction of sp³-hybridized carbons (Fsp3) is 0.400. The molecule has 3 N–H and O–H groups in total. The molecule has 1 atom stereocenters. The largest absolute Gasteiger partial charge is 0.394 e. The maximum Gasteiger partial charge on any atom is 0.149 e. The molecule has 1 fully saturated rings. The molecule has 2 rings (SSSR count). The standard InChI is InChI=1S/C10H12F2N2/c11-7-4-6(5-8(12)10(7)13)9-2-1-3-14-9/h4-5,9,14H,1-3,13H2/t9-/m0/s1. The summed E-state index contributed by atoms with van der Waals surface area (Å²) in [7, 11) is 0. The van der Waals surface area contributed by atoms with Crippen LogP contribution in [0.2, 0.25) is 0 Å². The van der Waals surface area contributed by atoms with E-state index in [1.807, 2.05) is 0 Å². The number of nitrogens with one attached hydrogen (secondary N) is 1. The molecule has 0 aromatic heterocycles. The van der Waals surface area contributed by atoms with Crippen LogP contribution in [0.15, 0.2) is 12.1 Å². The van der Waals surface area contributed by atoms with Crippen LogP contribution < -0.4 is 11.1 Å². The predicted molar refractivity (Wildman–Crippen MR) is 50.7 cm³/mol. The lowest BCUT2D eigenvalue weighted by molar-refractivity contribution is 0.572. The number of hydrogen-bond acceptors (Lipinski definition) is 2. The number of rotatable bonds is 1. The molecule has 14 heavy (non-hydrogen) atoms. The molecule has 0 amide bonds. The average Bonchev–Trinajstić information content (AvgIpc) is 2.66. The van der Waals surface area contributed by atoms with Crippen molar-refractivity contribution in [1.29, 1.82) is 0 Å². The highest BCUT2D eigenvalue weighted by molar-refractivity contribution is 5.44. The summed E-state index contributed by atoms with van der Waals surface area (Å²) in [5.74, 6) is -1.34. The van der Waals surface area contributed by atoms with Gasteiger partial charge in [-0.15, -0.1) is 0 Å². The van der Waals surface area contributed by atoms with Gasteiger partial charge in [0.05, 0.1) is 0 Å². The van der Waals surface area contributed by atoms with Crippen molar-refractivity contribution >= 4 is 5.69 Å². The van der Waals surface area contributed by atoms with E-state index in [0.717, 1.165) is 19.4 Å². The SMILES string of the molecule is Nc1c(F)cc([C@@H]2CCCN2)cc1F. The summed E-state index contributed by atoms with van der Waals surface area (Å²) in [5, 5.41) is 3.17. The Morgan fingerprint density at radius 2 is 1.93 bits per heavy atom. The van der Waals surface area contributed by atoms with E-state index in [2.05, 4.69) is 5.32 Å². The third-order valence-electron chi connectivity index (χ3n) is 2.56. The van der Waals surface area contributed by atoms with Crippen LogP contribution in [0.25, 0.3) is 0 Å². The van der Waals surface area contributed by atoms with Gasteiger partial charge in [-0.1, -0.05) is 0 Å². The molecule has 0 saturated carbocycles. The monoisotopic (exact) mass is 198 g/mol. The lowest BCUT2D eigenvalue weighted by atomic mass is 10.0. The second-order valence-electron chi connectivity index (χ2n) is 3.55. The van der Waals surface area contributed by atoms with E-state index < -0.39 is 17.3 Å². The van der Waals surface area contributed by atoms with Gasteiger partial charge in [0.15, 0.2) is 0 Å². The second kappa shape index (κ2) is 3.53. The maximum atomic E-state index is 13.1. The first-order valence-corrected chi connectivity index (χ1v) is 4.66. The molecule has 1 aliphatic heterocycles. The van der Waals surface area contributed by atoms with Crippen molar-refractivity contribution < 1.29 is 8.78 Å². The van der Waals surface area contributed by atoms with Crippen molar-refractivity contribution in [2.75, 3.05) is 12.3 Å². The molecule has 1 aromatic rings. The van der Waals surface area contributed by atoms with E-state index >= 15 is 0 Å². The van der Waals surface area contributed by atoms with E-state index in [9.17, 15) is 8.78 Å². The molecule has 0 unspecified atom stereocenters. The second-order valence-corrected chi connectivity index (χ2v) is 3.55. The Kier molecular flexibility index (Phi) is 2.37. The van der Waals surface area contributed by atoms with Crippen molar-refractivity contribution in [3.05, 3.63) is 29.3 Å². The molecule has 1 heterocycles. The lowest BCUT2D eigenvalue weighted by Gasteiger charge is -2.11. The molecular weight excluding hydrogens is 186 g/mol. The summed E-state index contributed by atoms with van der Waals surface area (Å²) >= 11 is 0. The molecule has 76 valence electrons. The summed E-state index contributed by atoms with van der Waals surface area (Å²) in [4.78, 5) is 0. The molecule has 2 nitrogen and oxygen atoms in total. The van der Waals surface area contributed by atoms with Crippen molar-refractivity contribution in [2.24, 2.45) is 0 Å². The number of nitrogen functional groups attached to an aromatic ring is 1. The van der Waals surface area contributed by atoms with Crippen molar-refractivity contribution in [3.63, 3.8) is 0 Å². The molecule has 0 aliphatic carbocycles. The fourth-order valence-electron chi connectivity index (χ4n) is 1.77. The minimum atomic E-state index is -0.673. The quantitative estimate of drug-likeness (QED) is 0.677. The van der Waals surface area contributed by atoms with E-state index in [0.29, 0.717) is 5.56 Å². The molecule has 1 aliphatic rings. The zero-order valence-corrected chi connectivity index (χ0v) is 7.69. The zero-order valence-electron chi connectivity index (χ0n) is 7.69. The number of nitrogens with two attached hydrogens (primary N) is 1. The van der Waals surface area contributed by atoms with E-state index in [-0.39, 0.29) is 6.04 Å². The van der Waals surface area contributed by atoms with Crippen LogP contribution in [0.4, 0.5) is 14.5 Å². The Labute approximate surface area is 81.1 Å². The minimum Gasteiger partial charge on any atom is -0.394 e. The Balaban J connectivity index is 2.34. The van der Waals surface area contributed by atoms with Crippen LogP contribution in [0.3, 0.4) is 0 Å². The summed E-state index contributed by atoms with van der Waals surface area (Å²) in [6, 6.07) is 2.68. The van der Waals surface area contributed by atoms with Crippen LogP contribution in [0.1, 0.15) is 24.4 Å². The normalized spacial score (nSPS) is 21.4. The molecular formula is C10H12F2N2. The van der Waals surface area contributed by atoms with Crippen molar-refractivity contribution in [1.82, 2.24) is 5.32 Å². The van der Waals surface area contributed by atoms with Gasteiger partial charge in [0.25, 0.3) is 0 Å². The van der Waals surface area contributed by atoms with Gasteiger partial charge in [0.2, 0.25) is 0 Å². The van der Waals surface area contributed by atoms with Crippen LogP contribution in [0, 0.1) is 11.6 Å². The molecule has 4 heteroatoms. The molecule has 0 spiro atoms. The van der Waals surface area contributed by atoms with Gasteiger partial charge in [0, 0.05) is 6.04 Å². The maximum absolute atomic E-state index is 13.1. The van der Waals surface area contributed by atoms with Crippen molar-refractivity contribution in [2.45, 2.75) is 18.9 Å². The predicted octanol–water partition coefficient (Wildman–Crippen LogP) is 1.97. The van der Waals surface area contributed by atoms with Gasteiger partial charge in [-0.25, -0.2) is 8.78 Å². The highest BCUT2D eigenvalue weighted by Crippen LogP contribution is 2.26. The Hall–Kier alpha value is -1.16. The van der Waals surface area contributed by atoms with Gasteiger partial charge < -0.3 is 11.1 Å². The Morgan fingerprint density at radius 3 is 2.43 bits per heavy atom. The van der Waals surface area contributed by atoms with Gasteiger partial charge in [-0.2, -0.15) is 0 Å². The van der Waals surface area contributed by atoms with Gasteiger partial charge in [-0.05, 0) is 37.1 Å². The lowest BCUT2D eigenvalue weighted by Crippen LogP contribution is -2.13. The minimum absolute atomic E-state index is 0.0691. The van der Waals surface area contributed by atoms with Crippen LogP contribution >= 0.6 is 0 Å². The average molecular weight is 198 g/mol. The summed E-state index contributed by atoms with van der Waals surface area (Å²) in [6.45, 7) is 0.901.